The first-order valence-corrected chi connectivity index (χ1v) is 9.08. The van der Waals surface area contributed by atoms with Gasteiger partial charge in [0, 0.05) is 21.7 Å². The van der Waals surface area contributed by atoms with E-state index in [0.29, 0.717) is 17.8 Å². The van der Waals surface area contributed by atoms with E-state index in [1.165, 1.54) is 0 Å². The Morgan fingerprint density at radius 3 is 2.69 bits per heavy atom. The SMILES string of the molecule is O=C(CNC(=O)c1ccccc1I)Nc1cccc(Cn2cccn2)c1. The van der Waals surface area contributed by atoms with Crippen LogP contribution in [-0.2, 0) is 11.3 Å². The normalized spacial score (nSPS) is 10.3. The van der Waals surface area contributed by atoms with Crippen LogP contribution in [0.25, 0.3) is 0 Å². The standard InChI is InChI=1S/C19H17IN4O2/c20-17-8-2-1-7-16(17)19(26)21-12-18(25)23-15-6-3-5-14(11-15)13-24-10-4-9-22-24/h1-11H,12-13H2,(H,21,26)(H,23,25). The van der Waals surface area contributed by atoms with Gasteiger partial charge in [-0.2, -0.15) is 5.10 Å². The Labute approximate surface area is 164 Å². The quantitative estimate of drug-likeness (QED) is 0.556. The summed E-state index contributed by atoms with van der Waals surface area (Å²) in [7, 11) is 0. The van der Waals surface area contributed by atoms with Crippen molar-refractivity contribution in [2.75, 3.05) is 11.9 Å². The lowest BCUT2D eigenvalue weighted by Gasteiger charge is -2.09. The van der Waals surface area contributed by atoms with Crippen LogP contribution in [0.3, 0.4) is 0 Å². The number of hydrogen-bond donors (Lipinski definition) is 2. The van der Waals surface area contributed by atoms with Crippen LogP contribution >= 0.6 is 22.6 Å². The van der Waals surface area contributed by atoms with E-state index in [0.717, 1.165) is 9.13 Å². The Bertz CT molecular complexity index is 909. The number of halogens is 1. The smallest absolute Gasteiger partial charge is 0.252 e. The van der Waals surface area contributed by atoms with E-state index in [1.54, 1.807) is 18.3 Å². The van der Waals surface area contributed by atoms with E-state index in [1.807, 2.05) is 53.3 Å². The summed E-state index contributed by atoms with van der Waals surface area (Å²) >= 11 is 2.09. The number of carbonyl (C=O) groups excluding carboxylic acids is 2. The molecule has 1 heterocycles. The summed E-state index contributed by atoms with van der Waals surface area (Å²) in [5.74, 6) is -0.543. The molecule has 0 radical (unpaired) electrons. The molecule has 0 aliphatic rings. The predicted octanol–water partition coefficient (Wildman–Crippen LogP) is 2.90. The largest absolute Gasteiger partial charge is 0.343 e. The number of aromatic nitrogens is 2. The van der Waals surface area contributed by atoms with Gasteiger partial charge < -0.3 is 10.6 Å². The molecule has 3 rings (SSSR count). The van der Waals surface area contributed by atoms with Crippen molar-refractivity contribution in [1.29, 1.82) is 0 Å². The van der Waals surface area contributed by atoms with Gasteiger partial charge in [0.05, 0.1) is 18.7 Å². The molecular formula is C19H17IN4O2. The van der Waals surface area contributed by atoms with Gasteiger partial charge in [-0.1, -0.05) is 24.3 Å². The van der Waals surface area contributed by atoms with Crippen molar-refractivity contribution >= 4 is 40.1 Å². The molecule has 26 heavy (non-hydrogen) atoms. The van der Waals surface area contributed by atoms with Crippen molar-refractivity contribution in [3.05, 3.63) is 81.7 Å². The zero-order valence-corrected chi connectivity index (χ0v) is 16.0. The van der Waals surface area contributed by atoms with Crippen LogP contribution in [-0.4, -0.2) is 28.1 Å². The Morgan fingerprint density at radius 1 is 1.08 bits per heavy atom. The highest BCUT2D eigenvalue weighted by atomic mass is 127. The summed E-state index contributed by atoms with van der Waals surface area (Å²) < 4.78 is 2.65. The van der Waals surface area contributed by atoms with Gasteiger partial charge in [-0.25, -0.2) is 0 Å². The highest BCUT2D eigenvalue weighted by Crippen LogP contribution is 2.12. The lowest BCUT2D eigenvalue weighted by atomic mass is 10.2. The van der Waals surface area contributed by atoms with Crippen LogP contribution in [0.1, 0.15) is 15.9 Å². The highest BCUT2D eigenvalue weighted by molar-refractivity contribution is 14.1. The molecule has 6 nitrogen and oxygen atoms in total. The van der Waals surface area contributed by atoms with Gasteiger partial charge in [0.15, 0.2) is 0 Å². The molecule has 0 saturated heterocycles. The molecule has 0 atom stereocenters. The van der Waals surface area contributed by atoms with E-state index in [-0.39, 0.29) is 18.4 Å². The van der Waals surface area contributed by atoms with Crippen LogP contribution in [0.4, 0.5) is 5.69 Å². The molecule has 0 fully saturated rings. The second-order valence-corrected chi connectivity index (χ2v) is 6.78. The Balaban J connectivity index is 1.55. The number of nitrogens with zero attached hydrogens (tertiary/aromatic N) is 2. The van der Waals surface area contributed by atoms with Crippen molar-refractivity contribution in [2.45, 2.75) is 6.54 Å². The third-order valence-electron chi connectivity index (χ3n) is 3.64. The third kappa shape index (κ3) is 4.92. The van der Waals surface area contributed by atoms with E-state index >= 15 is 0 Å². The molecule has 0 unspecified atom stereocenters. The summed E-state index contributed by atoms with van der Waals surface area (Å²) in [6, 6.07) is 16.6. The molecule has 2 aromatic carbocycles. The molecule has 0 saturated carbocycles. The number of amides is 2. The van der Waals surface area contributed by atoms with Gasteiger partial charge >= 0.3 is 0 Å². The van der Waals surface area contributed by atoms with E-state index in [2.05, 4.69) is 38.3 Å². The van der Waals surface area contributed by atoms with Crippen LogP contribution in [0.5, 0.6) is 0 Å². The summed E-state index contributed by atoms with van der Waals surface area (Å²) in [5.41, 5.74) is 2.26. The average molecular weight is 460 g/mol. The van der Waals surface area contributed by atoms with E-state index in [9.17, 15) is 9.59 Å². The lowest BCUT2D eigenvalue weighted by molar-refractivity contribution is -0.115. The Hall–Kier alpha value is -2.68. The molecule has 0 bridgehead atoms. The minimum Gasteiger partial charge on any atom is -0.343 e. The van der Waals surface area contributed by atoms with Gasteiger partial charge in [-0.15, -0.1) is 0 Å². The van der Waals surface area contributed by atoms with Crippen LogP contribution < -0.4 is 10.6 Å². The first kappa shape index (κ1) is 18.1. The van der Waals surface area contributed by atoms with Crippen molar-refractivity contribution in [3.8, 4) is 0 Å². The van der Waals surface area contributed by atoms with Gasteiger partial charge in [-0.3, -0.25) is 14.3 Å². The maximum absolute atomic E-state index is 12.1. The number of rotatable bonds is 6. The molecule has 1 aromatic heterocycles. The second-order valence-electron chi connectivity index (χ2n) is 5.61. The first-order valence-electron chi connectivity index (χ1n) is 8.01. The van der Waals surface area contributed by atoms with Crippen molar-refractivity contribution in [3.63, 3.8) is 0 Å². The molecular weight excluding hydrogens is 443 g/mol. The monoisotopic (exact) mass is 460 g/mol. The Morgan fingerprint density at radius 2 is 1.92 bits per heavy atom. The Kier molecular flexibility index (Phi) is 6.00. The summed E-state index contributed by atoms with van der Waals surface area (Å²) in [6.45, 7) is 0.535. The van der Waals surface area contributed by atoms with Crippen LogP contribution in [0.15, 0.2) is 67.0 Å². The topological polar surface area (TPSA) is 76.0 Å². The fraction of sp³-hybridized carbons (Fsp3) is 0.105. The minimum absolute atomic E-state index is 0.0901. The number of nitrogens with one attached hydrogen (secondary N) is 2. The number of benzene rings is 2. The van der Waals surface area contributed by atoms with E-state index in [4.69, 9.17) is 0 Å². The molecule has 2 amide bonds. The molecule has 0 aliphatic heterocycles. The number of anilines is 1. The molecule has 3 aromatic rings. The maximum Gasteiger partial charge on any atom is 0.252 e. The van der Waals surface area contributed by atoms with Crippen molar-refractivity contribution in [2.24, 2.45) is 0 Å². The highest BCUT2D eigenvalue weighted by Gasteiger charge is 2.11. The summed E-state index contributed by atoms with van der Waals surface area (Å²) in [5, 5.41) is 9.61. The fourth-order valence-corrected chi connectivity index (χ4v) is 3.07. The molecule has 132 valence electrons. The van der Waals surface area contributed by atoms with Crippen molar-refractivity contribution < 1.29 is 9.59 Å². The van der Waals surface area contributed by atoms with Gasteiger partial charge in [0.1, 0.15) is 0 Å². The molecule has 7 heteroatoms. The summed E-state index contributed by atoms with van der Waals surface area (Å²) in [6.07, 6.45) is 3.61. The molecule has 2 N–H and O–H groups in total. The zero-order chi connectivity index (χ0) is 18.4. The zero-order valence-electron chi connectivity index (χ0n) is 13.9. The molecule has 0 spiro atoms. The van der Waals surface area contributed by atoms with Crippen LogP contribution in [0, 0.1) is 3.57 Å². The van der Waals surface area contributed by atoms with Crippen LogP contribution in [0.2, 0.25) is 0 Å². The number of hydrogen-bond acceptors (Lipinski definition) is 3. The van der Waals surface area contributed by atoms with E-state index < -0.39 is 0 Å². The molecule has 0 aliphatic carbocycles. The van der Waals surface area contributed by atoms with Gasteiger partial charge in [0.25, 0.3) is 5.91 Å². The van der Waals surface area contributed by atoms with Crippen molar-refractivity contribution in [1.82, 2.24) is 15.1 Å². The average Bonchev–Trinajstić information content (AvgIpc) is 3.13. The maximum atomic E-state index is 12.1. The second kappa shape index (κ2) is 8.61. The van der Waals surface area contributed by atoms with Gasteiger partial charge in [0.2, 0.25) is 5.91 Å². The first-order chi connectivity index (χ1) is 12.6. The third-order valence-corrected chi connectivity index (χ3v) is 4.58. The number of carbonyl (C=O) groups is 2. The van der Waals surface area contributed by atoms with Gasteiger partial charge in [-0.05, 0) is 58.5 Å². The fourth-order valence-electron chi connectivity index (χ4n) is 2.43. The minimum atomic E-state index is -0.277. The predicted molar refractivity (Wildman–Crippen MR) is 108 cm³/mol. The lowest BCUT2D eigenvalue weighted by Crippen LogP contribution is -2.33. The summed E-state index contributed by atoms with van der Waals surface area (Å²) in [4.78, 5) is 24.3.